The van der Waals surface area contributed by atoms with Crippen molar-refractivity contribution in [1.29, 1.82) is 0 Å². The maximum Gasteiger partial charge on any atom is 0.410 e. The zero-order valence-corrected chi connectivity index (χ0v) is 10.3. The van der Waals surface area contributed by atoms with Gasteiger partial charge in [-0.15, -0.1) is 12.4 Å². The van der Waals surface area contributed by atoms with Crippen molar-refractivity contribution in [3.8, 4) is 0 Å². The Kier molecular flexibility index (Phi) is 3.51. The Morgan fingerprint density at radius 2 is 2.13 bits per heavy atom. The first-order chi connectivity index (χ1) is 6.47. The second kappa shape index (κ2) is 4.18. The van der Waals surface area contributed by atoms with Crippen molar-refractivity contribution < 1.29 is 9.53 Å². The van der Waals surface area contributed by atoms with Gasteiger partial charge in [-0.2, -0.15) is 0 Å². The molecule has 2 fully saturated rings. The van der Waals surface area contributed by atoms with Crippen LogP contribution in [0.3, 0.4) is 0 Å². The number of amides is 1. The number of ether oxygens (including phenoxy) is 1. The first-order valence-corrected chi connectivity index (χ1v) is 5.20. The molecule has 1 heterocycles. The van der Waals surface area contributed by atoms with Crippen molar-refractivity contribution >= 4 is 18.5 Å². The molecule has 1 saturated carbocycles. The summed E-state index contributed by atoms with van der Waals surface area (Å²) >= 11 is 0. The van der Waals surface area contributed by atoms with Gasteiger partial charge in [0.15, 0.2) is 0 Å². The summed E-state index contributed by atoms with van der Waals surface area (Å²) in [6, 6.07) is 0.912. The molecule has 2 rings (SSSR count). The third kappa shape index (κ3) is 2.98. The van der Waals surface area contributed by atoms with Crippen LogP contribution in [-0.2, 0) is 4.74 Å². The highest BCUT2D eigenvalue weighted by Gasteiger charge is 2.47. The monoisotopic (exact) mass is 234 g/mol. The van der Waals surface area contributed by atoms with E-state index in [9.17, 15) is 4.79 Å². The number of halogens is 1. The molecule has 2 atom stereocenters. The molecule has 1 aliphatic heterocycles. The van der Waals surface area contributed by atoms with E-state index in [1.165, 1.54) is 0 Å². The number of carbonyl (C=O) groups excluding carboxylic acids is 1. The number of hydrogen-bond donors (Lipinski definition) is 1. The minimum absolute atomic E-state index is 0. The molecule has 15 heavy (non-hydrogen) atoms. The van der Waals surface area contributed by atoms with E-state index in [4.69, 9.17) is 4.74 Å². The molecule has 2 aliphatic rings. The van der Waals surface area contributed by atoms with Gasteiger partial charge in [0, 0.05) is 19.1 Å². The summed E-state index contributed by atoms with van der Waals surface area (Å²) in [5, 5.41) is 3.35. The maximum absolute atomic E-state index is 11.7. The second-order valence-electron chi connectivity index (χ2n) is 5.04. The van der Waals surface area contributed by atoms with Crippen LogP contribution >= 0.6 is 12.4 Å². The van der Waals surface area contributed by atoms with Crippen LogP contribution < -0.4 is 5.32 Å². The summed E-state index contributed by atoms with van der Waals surface area (Å²) in [6.45, 7) is 7.36. The van der Waals surface area contributed by atoms with Gasteiger partial charge in [0.05, 0.1) is 6.04 Å². The van der Waals surface area contributed by atoms with Crippen LogP contribution in [0.25, 0.3) is 0 Å². The fraction of sp³-hybridized carbons (Fsp3) is 0.900. The van der Waals surface area contributed by atoms with Gasteiger partial charge >= 0.3 is 6.09 Å². The number of nitrogens with zero attached hydrogens (tertiary/aromatic N) is 1. The average molecular weight is 235 g/mol. The molecule has 0 aromatic carbocycles. The van der Waals surface area contributed by atoms with Crippen molar-refractivity contribution in [3.05, 3.63) is 0 Å². The van der Waals surface area contributed by atoms with E-state index >= 15 is 0 Å². The van der Waals surface area contributed by atoms with Gasteiger partial charge in [0.2, 0.25) is 0 Å². The molecular weight excluding hydrogens is 216 g/mol. The van der Waals surface area contributed by atoms with Gasteiger partial charge in [-0.1, -0.05) is 0 Å². The predicted molar refractivity (Wildman–Crippen MR) is 60.4 cm³/mol. The number of rotatable bonds is 0. The number of fused-ring (bicyclic) bond motifs is 1. The van der Waals surface area contributed by atoms with Crippen LogP contribution in [0.4, 0.5) is 4.79 Å². The van der Waals surface area contributed by atoms with Crippen LogP contribution in [0.15, 0.2) is 0 Å². The summed E-state index contributed by atoms with van der Waals surface area (Å²) in [5.41, 5.74) is -0.383. The molecule has 2 unspecified atom stereocenters. The Hall–Kier alpha value is -0.480. The number of piperazine rings is 1. The fourth-order valence-corrected chi connectivity index (χ4v) is 1.83. The quantitative estimate of drug-likeness (QED) is 0.689. The summed E-state index contributed by atoms with van der Waals surface area (Å²) in [7, 11) is 0. The van der Waals surface area contributed by atoms with E-state index in [1.54, 1.807) is 0 Å². The average Bonchev–Trinajstić information content (AvgIpc) is 2.77. The lowest BCUT2D eigenvalue weighted by Crippen LogP contribution is -2.48. The molecule has 0 aromatic rings. The third-order valence-electron chi connectivity index (χ3n) is 2.54. The van der Waals surface area contributed by atoms with Gasteiger partial charge in [-0.3, -0.25) is 0 Å². The van der Waals surface area contributed by atoms with Gasteiger partial charge in [-0.25, -0.2) is 4.79 Å². The first-order valence-electron chi connectivity index (χ1n) is 5.20. The van der Waals surface area contributed by atoms with Crippen molar-refractivity contribution in [3.63, 3.8) is 0 Å². The van der Waals surface area contributed by atoms with Crippen molar-refractivity contribution in [2.45, 2.75) is 44.9 Å². The molecule has 5 heteroatoms. The fourth-order valence-electron chi connectivity index (χ4n) is 1.83. The summed E-state index contributed by atoms with van der Waals surface area (Å²) in [5.74, 6) is 0. The van der Waals surface area contributed by atoms with E-state index in [1.807, 2.05) is 25.7 Å². The molecule has 1 N–H and O–H groups in total. The predicted octanol–water partition coefficient (Wildman–Crippen LogP) is 1.39. The molecule has 0 spiro atoms. The zero-order valence-electron chi connectivity index (χ0n) is 9.45. The van der Waals surface area contributed by atoms with Gasteiger partial charge < -0.3 is 15.0 Å². The Morgan fingerprint density at radius 3 is 2.73 bits per heavy atom. The molecule has 1 saturated heterocycles. The standard InChI is InChI=1S/C10H18N2O2.ClH/c1-10(2,3)14-9(13)12-5-4-11-7-6-8(7)12;/h7-8,11H,4-6H2,1-3H3;1H. The Bertz CT molecular complexity index is 252. The molecular formula is C10H19ClN2O2. The summed E-state index contributed by atoms with van der Waals surface area (Å²) in [4.78, 5) is 13.6. The van der Waals surface area contributed by atoms with E-state index in [0.717, 1.165) is 19.5 Å². The second-order valence-corrected chi connectivity index (χ2v) is 5.04. The third-order valence-corrected chi connectivity index (χ3v) is 2.54. The normalized spacial score (nSPS) is 28.9. The van der Waals surface area contributed by atoms with E-state index in [0.29, 0.717) is 12.1 Å². The van der Waals surface area contributed by atoms with Gasteiger partial charge in [0.25, 0.3) is 0 Å². The van der Waals surface area contributed by atoms with E-state index < -0.39 is 0 Å². The molecule has 0 radical (unpaired) electrons. The molecule has 88 valence electrons. The van der Waals surface area contributed by atoms with Crippen molar-refractivity contribution in [2.24, 2.45) is 0 Å². The van der Waals surface area contributed by atoms with Crippen molar-refractivity contribution in [1.82, 2.24) is 10.2 Å². The first kappa shape index (κ1) is 12.6. The maximum atomic E-state index is 11.7. The Labute approximate surface area is 96.7 Å². The number of nitrogens with one attached hydrogen (secondary N) is 1. The molecule has 1 aliphatic carbocycles. The summed E-state index contributed by atoms with van der Waals surface area (Å²) in [6.07, 6.45) is 0.922. The van der Waals surface area contributed by atoms with Gasteiger partial charge in [-0.05, 0) is 27.2 Å². The molecule has 0 aromatic heterocycles. The van der Waals surface area contributed by atoms with Crippen LogP contribution in [0, 0.1) is 0 Å². The highest BCUT2D eigenvalue weighted by molar-refractivity contribution is 5.85. The Morgan fingerprint density at radius 1 is 1.47 bits per heavy atom. The molecule has 1 amide bonds. The van der Waals surface area contributed by atoms with Crippen LogP contribution in [0.2, 0.25) is 0 Å². The smallest absolute Gasteiger partial charge is 0.410 e. The highest BCUT2D eigenvalue weighted by atomic mass is 35.5. The van der Waals surface area contributed by atoms with Crippen molar-refractivity contribution in [2.75, 3.05) is 13.1 Å². The topological polar surface area (TPSA) is 41.6 Å². The lowest BCUT2D eigenvalue weighted by Gasteiger charge is -2.30. The molecule has 0 bridgehead atoms. The largest absolute Gasteiger partial charge is 0.444 e. The minimum Gasteiger partial charge on any atom is -0.444 e. The van der Waals surface area contributed by atoms with E-state index in [-0.39, 0.29) is 24.1 Å². The van der Waals surface area contributed by atoms with Gasteiger partial charge in [0.1, 0.15) is 5.60 Å². The van der Waals surface area contributed by atoms with E-state index in [2.05, 4.69) is 5.32 Å². The number of carbonyl (C=O) groups is 1. The summed E-state index contributed by atoms with van der Waals surface area (Å²) < 4.78 is 5.33. The SMILES string of the molecule is CC(C)(C)OC(=O)N1CCNC2CC21.Cl. The van der Waals surface area contributed by atoms with Crippen LogP contribution in [0.1, 0.15) is 27.2 Å². The Balaban J connectivity index is 0.00000112. The number of hydrogen-bond acceptors (Lipinski definition) is 3. The zero-order chi connectivity index (χ0) is 10.3. The molecule has 4 nitrogen and oxygen atoms in total. The minimum atomic E-state index is -0.383. The lowest BCUT2D eigenvalue weighted by molar-refractivity contribution is 0.0208. The lowest BCUT2D eigenvalue weighted by atomic mass is 10.2. The van der Waals surface area contributed by atoms with Crippen LogP contribution in [0.5, 0.6) is 0 Å². The van der Waals surface area contributed by atoms with Crippen LogP contribution in [-0.4, -0.2) is 41.8 Å². The highest BCUT2D eigenvalue weighted by Crippen LogP contribution is 2.31.